The first-order valence-corrected chi connectivity index (χ1v) is 15.7. The summed E-state index contributed by atoms with van der Waals surface area (Å²) < 4.78 is 7.62. The number of hydrogen-bond donors (Lipinski definition) is 1. The predicted molar refractivity (Wildman–Crippen MR) is 186 cm³/mol. The molecule has 0 bridgehead atoms. The minimum atomic E-state index is -0.553. The topological polar surface area (TPSA) is 158 Å². The lowest BCUT2D eigenvalue weighted by atomic mass is 10.1. The molecule has 4 aromatic carbocycles. The van der Waals surface area contributed by atoms with Gasteiger partial charge in [0.05, 0.1) is 28.5 Å². The van der Waals surface area contributed by atoms with Gasteiger partial charge in [-0.2, -0.15) is 14.7 Å². The molecule has 0 atom stereocenters. The van der Waals surface area contributed by atoms with E-state index in [2.05, 4.69) is 68.1 Å². The van der Waals surface area contributed by atoms with Crippen molar-refractivity contribution in [2.45, 2.75) is 19.9 Å². The fourth-order valence-corrected chi connectivity index (χ4v) is 5.61. The molecule has 13 heteroatoms. The second-order valence-electron chi connectivity index (χ2n) is 11.8. The maximum Gasteiger partial charge on any atom is 0.373 e. The highest BCUT2D eigenvalue weighted by molar-refractivity contribution is 6.05. The van der Waals surface area contributed by atoms with Crippen LogP contribution in [0.2, 0.25) is 0 Å². The number of nitrogens with one attached hydrogen (secondary N) is 1. The number of carbonyl (C=O) groups is 1. The first-order valence-electron chi connectivity index (χ1n) is 15.7. The molecule has 0 aliphatic carbocycles. The third-order valence-corrected chi connectivity index (χ3v) is 8.15. The van der Waals surface area contributed by atoms with Gasteiger partial charge >= 0.3 is 6.15 Å². The van der Waals surface area contributed by atoms with Gasteiger partial charge < -0.3 is 14.6 Å². The number of amides is 1. The summed E-state index contributed by atoms with van der Waals surface area (Å²) in [4.78, 5) is 45.8. The van der Waals surface area contributed by atoms with Crippen LogP contribution in [0.3, 0.4) is 0 Å². The van der Waals surface area contributed by atoms with Crippen molar-refractivity contribution >= 4 is 39.6 Å². The van der Waals surface area contributed by atoms with Gasteiger partial charge in [-0.25, -0.2) is 0 Å². The Bertz CT molecular complexity index is 2410. The number of aromatic nitrogens is 6. The van der Waals surface area contributed by atoms with Crippen molar-refractivity contribution in [1.82, 2.24) is 34.9 Å². The number of tetrazole rings is 1. The number of hydrogen-bond acceptors (Lipinski definition) is 10. The number of nitrogens with zero attached hydrogens (tertiary/aromatic N) is 7. The van der Waals surface area contributed by atoms with Crippen molar-refractivity contribution in [2.24, 2.45) is 7.05 Å². The minimum absolute atomic E-state index is 0.0877. The molecule has 250 valence electrons. The van der Waals surface area contributed by atoms with Gasteiger partial charge in [0, 0.05) is 37.2 Å². The van der Waals surface area contributed by atoms with Gasteiger partial charge in [0.15, 0.2) is 11.2 Å². The molecule has 13 nitrogen and oxygen atoms in total. The van der Waals surface area contributed by atoms with Crippen LogP contribution in [-0.4, -0.2) is 60.5 Å². The maximum absolute atomic E-state index is 13.2. The van der Waals surface area contributed by atoms with Gasteiger partial charge in [-0.05, 0) is 90.8 Å². The predicted octanol–water partition coefficient (Wildman–Crippen LogP) is 4.97. The van der Waals surface area contributed by atoms with E-state index in [4.69, 9.17) is 14.0 Å². The molecule has 0 saturated carbocycles. The van der Waals surface area contributed by atoms with Gasteiger partial charge in [0.2, 0.25) is 5.82 Å². The minimum Gasteiger partial charge on any atom is -0.451 e. The maximum atomic E-state index is 13.2. The standard InChI is InChI=1S/C36H32N8O3.CO2/c1-23-8-14-28(30(18-23)38-36(46)34-20-32(45)29-6-4-5-7-33(29)47-34)35-39-41-44(40-35)27-12-9-24(10-13-27)16-17-42(2)22-25-11-15-31-26(19-25)21-37-43(31)3;2-1-3/h4-15,18-21H,16-17,22H2,1-3H3,(H,38,46);. The van der Waals surface area contributed by atoms with E-state index in [1.54, 1.807) is 24.3 Å². The van der Waals surface area contributed by atoms with E-state index in [1.165, 1.54) is 22.0 Å². The van der Waals surface area contributed by atoms with E-state index in [0.717, 1.165) is 41.7 Å². The number of rotatable bonds is 9. The Labute approximate surface area is 285 Å². The molecular weight excluding hydrogens is 636 g/mol. The Morgan fingerprint density at radius 3 is 2.52 bits per heavy atom. The normalized spacial score (nSPS) is 11.0. The summed E-state index contributed by atoms with van der Waals surface area (Å²) in [5.74, 6) is -0.298. The van der Waals surface area contributed by atoms with E-state index in [0.29, 0.717) is 28.0 Å². The van der Waals surface area contributed by atoms with Crippen molar-refractivity contribution in [3.05, 3.63) is 130 Å². The molecule has 7 rings (SSSR count). The van der Waals surface area contributed by atoms with Crippen molar-refractivity contribution < 1.29 is 18.8 Å². The smallest absolute Gasteiger partial charge is 0.373 e. The van der Waals surface area contributed by atoms with Gasteiger partial charge in [0.25, 0.3) is 5.91 Å². The summed E-state index contributed by atoms with van der Waals surface area (Å²) in [6, 6.07) is 28.1. The Morgan fingerprint density at radius 1 is 0.960 bits per heavy atom. The number of aryl methyl sites for hydroxylation is 2. The van der Waals surface area contributed by atoms with Gasteiger partial charge in [-0.3, -0.25) is 14.3 Å². The summed E-state index contributed by atoms with van der Waals surface area (Å²) in [6.07, 6.45) is 3.05. The molecule has 3 heterocycles. The van der Waals surface area contributed by atoms with Crippen molar-refractivity contribution in [3.63, 3.8) is 0 Å². The highest BCUT2D eigenvalue weighted by Gasteiger charge is 2.18. The lowest BCUT2D eigenvalue weighted by Gasteiger charge is -2.17. The summed E-state index contributed by atoms with van der Waals surface area (Å²) in [6.45, 7) is 3.67. The van der Waals surface area contributed by atoms with Crippen LogP contribution in [0, 0.1) is 6.92 Å². The van der Waals surface area contributed by atoms with E-state index in [1.807, 2.05) is 55.2 Å². The summed E-state index contributed by atoms with van der Waals surface area (Å²) in [5, 5.41) is 21.9. The molecule has 0 radical (unpaired) electrons. The Morgan fingerprint density at radius 2 is 1.72 bits per heavy atom. The van der Waals surface area contributed by atoms with E-state index in [-0.39, 0.29) is 17.3 Å². The van der Waals surface area contributed by atoms with Crippen LogP contribution in [0.1, 0.15) is 27.2 Å². The van der Waals surface area contributed by atoms with Crippen molar-refractivity contribution in [2.75, 3.05) is 18.9 Å². The molecule has 3 aromatic heterocycles. The van der Waals surface area contributed by atoms with Crippen LogP contribution in [0.25, 0.3) is 38.9 Å². The lowest BCUT2D eigenvalue weighted by molar-refractivity contribution is -0.191. The number of likely N-dealkylation sites (N-methyl/N-ethyl adjacent to an activating group) is 1. The molecule has 1 N–H and O–H groups in total. The lowest BCUT2D eigenvalue weighted by Crippen LogP contribution is -2.20. The summed E-state index contributed by atoms with van der Waals surface area (Å²) >= 11 is 0. The van der Waals surface area contributed by atoms with E-state index < -0.39 is 5.91 Å². The number of anilines is 1. The SMILES string of the molecule is Cc1ccc(-c2nnn(-c3ccc(CCN(C)Cc4ccc5c(cnn5C)c4)cc3)n2)c(NC(=O)c2cc(=O)c3ccccc3o2)c1.O=C=O. The Hall–Kier alpha value is -6.56. The molecule has 7 aromatic rings. The fourth-order valence-electron chi connectivity index (χ4n) is 5.61. The van der Waals surface area contributed by atoms with Crippen LogP contribution in [0.5, 0.6) is 0 Å². The van der Waals surface area contributed by atoms with Crippen molar-refractivity contribution in [1.29, 1.82) is 0 Å². The highest BCUT2D eigenvalue weighted by Crippen LogP contribution is 2.27. The first-order chi connectivity index (χ1) is 24.2. The Kier molecular flexibility index (Phi) is 9.80. The third kappa shape index (κ3) is 7.44. The fraction of sp³-hybridized carbons (Fsp3) is 0.162. The van der Waals surface area contributed by atoms with Gasteiger partial charge in [-0.15, -0.1) is 15.0 Å². The number of fused-ring (bicyclic) bond motifs is 2. The number of benzene rings is 4. The second kappa shape index (κ2) is 14.7. The zero-order chi connectivity index (χ0) is 35.2. The first kappa shape index (κ1) is 33.3. The Balaban J connectivity index is 0.00000139. The van der Waals surface area contributed by atoms with Gasteiger partial charge in [-0.1, -0.05) is 36.4 Å². The summed E-state index contributed by atoms with van der Waals surface area (Å²) in [5.41, 5.74) is 6.39. The third-order valence-electron chi connectivity index (χ3n) is 8.15. The molecule has 1 amide bonds. The van der Waals surface area contributed by atoms with Crippen LogP contribution in [0.15, 0.2) is 106 Å². The van der Waals surface area contributed by atoms with E-state index >= 15 is 0 Å². The molecule has 0 fully saturated rings. The van der Waals surface area contributed by atoms with Crippen LogP contribution < -0.4 is 10.7 Å². The average Bonchev–Trinajstić information content (AvgIpc) is 3.75. The zero-order valence-corrected chi connectivity index (χ0v) is 27.5. The van der Waals surface area contributed by atoms with Gasteiger partial charge in [0.1, 0.15) is 5.58 Å². The van der Waals surface area contributed by atoms with E-state index in [9.17, 15) is 9.59 Å². The molecule has 50 heavy (non-hydrogen) atoms. The largest absolute Gasteiger partial charge is 0.451 e. The molecule has 0 unspecified atom stereocenters. The zero-order valence-electron chi connectivity index (χ0n) is 27.5. The van der Waals surface area contributed by atoms with Crippen LogP contribution >= 0.6 is 0 Å². The van der Waals surface area contributed by atoms with Crippen molar-refractivity contribution in [3.8, 4) is 17.1 Å². The average molecular weight is 669 g/mol. The molecule has 0 spiro atoms. The highest BCUT2D eigenvalue weighted by atomic mass is 16.3. The molecule has 0 aliphatic heterocycles. The number of para-hydroxylation sites is 1. The second-order valence-corrected chi connectivity index (χ2v) is 11.8. The molecule has 0 saturated heterocycles. The monoisotopic (exact) mass is 668 g/mol. The van der Waals surface area contributed by atoms with Crippen LogP contribution in [0.4, 0.5) is 5.69 Å². The quantitative estimate of drug-likeness (QED) is 0.223. The van der Waals surface area contributed by atoms with Crippen LogP contribution in [-0.2, 0) is 29.6 Å². The summed E-state index contributed by atoms with van der Waals surface area (Å²) in [7, 11) is 4.08. The molecule has 0 aliphatic rings. The number of carbonyl (C=O) groups excluding carboxylic acids is 3. The molecular formula is C37H32N8O5.